The largest absolute Gasteiger partial charge is 0.399 e. The molecule has 0 spiro atoms. The van der Waals surface area contributed by atoms with Gasteiger partial charge in [0.2, 0.25) is 0 Å². The standard InChI is InChI=1S/C19H20FN3O2.ClH/c1-13-2-3-15(12-17(13)20)19(25)23-10-8-22(9-11-23)18(24)14-4-6-16(21)7-5-14;/h2-7,12H,8-11,21H2,1H3;1H. The molecule has 0 saturated carbocycles. The highest BCUT2D eigenvalue weighted by molar-refractivity contribution is 5.96. The number of rotatable bonds is 2. The molecule has 0 atom stereocenters. The molecule has 0 aromatic heterocycles. The number of nitrogen functional groups attached to an aromatic ring is 1. The summed E-state index contributed by atoms with van der Waals surface area (Å²) in [5.41, 5.74) is 7.67. The highest BCUT2D eigenvalue weighted by atomic mass is 35.5. The fraction of sp³-hybridized carbons (Fsp3) is 0.263. The van der Waals surface area contributed by atoms with Gasteiger partial charge in [-0.2, -0.15) is 0 Å². The molecule has 138 valence electrons. The minimum atomic E-state index is -0.386. The van der Waals surface area contributed by atoms with Crippen molar-refractivity contribution in [2.75, 3.05) is 31.9 Å². The Morgan fingerprint density at radius 2 is 1.35 bits per heavy atom. The van der Waals surface area contributed by atoms with Crippen LogP contribution in [0.1, 0.15) is 26.3 Å². The number of hydrogen-bond donors (Lipinski definition) is 1. The lowest BCUT2D eigenvalue weighted by molar-refractivity contribution is 0.0535. The van der Waals surface area contributed by atoms with Crippen LogP contribution in [0.2, 0.25) is 0 Å². The van der Waals surface area contributed by atoms with Crippen LogP contribution < -0.4 is 5.73 Å². The fourth-order valence-corrected chi connectivity index (χ4v) is 2.83. The second-order valence-electron chi connectivity index (χ2n) is 6.17. The molecule has 2 aromatic rings. The first kappa shape index (κ1) is 19.7. The Kier molecular flexibility index (Phi) is 6.21. The van der Waals surface area contributed by atoms with Gasteiger partial charge in [0.25, 0.3) is 11.8 Å². The van der Waals surface area contributed by atoms with Gasteiger partial charge in [-0.05, 0) is 48.9 Å². The van der Waals surface area contributed by atoms with E-state index in [4.69, 9.17) is 5.73 Å². The van der Waals surface area contributed by atoms with Gasteiger partial charge in [-0.1, -0.05) is 6.07 Å². The Morgan fingerprint density at radius 3 is 1.85 bits per heavy atom. The van der Waals surface area contributed by atoms with E-state index in [1.807, 2.05) is 0 Å². The van der Waals surface area contributed by atoms with Gasteiger partial charge in [0, 0.05) is 43.0 Å². The van der Waals surface area contributed by atoms with Crippen molar-refractivity contribution in [1.82, 2.24) is 9.80 Å². The van der Waals surface area contributed by atoms with Crippen molar-refractivity contribution in [3.05, 3.63) is 65.0 Å². The summed E-state index contributed by atoms with van der Waals surface area (Å²) in [7, 11) is 0. The van der Waals surface area contributed by atoms with E-state index in [1.165, 1.54) is 6.07 Å². The van der Waals surface area contributed by atoms with E-state index in [0.29, 0.717) is 48.6 Å². The van der Waals surface area contributed by atoms with Crippen molar-refractivity contribution >= 4 is 29.9 Å². The summed E-state index contributed by atoms with van der Waals surface area (Å²) < 4.78 is 13.7. The highest BCUT2D eigenvalue weighted by Crippen LogP contribution is 2.15. The molecule has 2 amide bonds. The molecule has 1 saturated heterocycles. The minimum Gasteiger partial charge on any atom is -0.399 e. The van der Waals surface area contributed by atoms with Gasteiger partial charge in [0.05, 0.1) is 0 Å². The first-order valence-electron chi connectivity index (χ1n) is 8.16. The number of anilines is 1. The first-order chi connectivity index (χ1) is 12.0. The van der Waals surface area contributed by atoms with E-state index in [9.17, 15) is 14.0 Å². The predicted molar refractivity (Wildman–Crippen MR) is 101 cm³/mol. The summed E-state index contributed by atoms with van der Waals surface area (Å²) in [6, 6.07) is 11.3. The molecule has 0 radical (unpaired) electrons. The van der Waals surface area contributed by atoms with E-state index in [2.05, 4.69) is 0 Å². The van der Waals surface area contributed by atoms with Crippen LogP contribution in [0.25, 0.3) is 0 Å². The van der Waals surface area contributed by atoms with E-state index >= 15 is 0 Å². The first-order valence-corrected chi connectivity index (χ1v) is 8.16. The Morgan fingerprint density at radius 1 is 0.885 bits per heavy atom. The van der Waals surface area contributed by atoms with Crippen LogP contribution in [-0.2, 0) is 0 Å². The smallest absolute Gasteiger partial charge is 0.254 e. The number of hydrogen-bond acceptors (Lipinski definition) is 3. The summed E-state index contributed by atoms with van der Waals surface area (Å²) in [5.74, 6) is -0.671. The lowest BCUT2D eigenvalue weighted by Crippen LogP contribution is -2.50. The SMILES string of the molecule is Cc1ccc(C(=O)N2CCN(C(=O)c3ccc(N)cc3)CC2)cc1F.Cl. The molecule has 0 unspecified atom stereocenters. The number of aryl methyl sites for hydroxylation is 1. The maximum atomic E-state index is 13.7. The molecule has 1 fully saturated rings. The molecule has 7 heteroatoms. The van der Waals surface area contributed by atoms with E-state index < -0.39 is 0 Å². The Labute approximate surface area is 158 Å². The Bertz CT molecular complexity index is 803. The van der Waals surface area contributed by atoms with Crippen molar-refractivity contribution < 1.29 is 14.0 Å². The van der Waals surface area contributed by atoms with Crippen molar-refractivity contribution in [1.29, 1.82) is 0 Å². The molecule has 0 aliphatic carbocycles. The van der Waals surface area contributed by atoms with Gasteiger partial charge in [-0.3, -0.25) is 9.59 Å². The van der Waals surface area contributed by atoms with Gasteiger partial charge < -0.3 is 15.5 Å². The van der Waals surface area contributed by atoms with Crippen LogP contribution in [0.4, 0.5) is 10.1 Å². The molecule has 1 heterocycles. The topological polar surface area (TPSA) is 66.6 Å². The molecule has 26 heavy (non-hydrogen) atoms. The number of carbonyl (C=O) groups excluding carboxylic acids is 2. The number of halogens is 2. The maximum Gasteiger partial charge on any atom is 0.254 e. The van der Waals surface area contributed by atoms with Crippen molar-refractivity contribution in [2.24, 2.45) is 0 Å². The molecule has 3 rings (SSSR count). The van der Waals surface area contributed by atoms with E-state index in [1.54, 1.807) is 53.1 Å². The normalized spacial score (nSPS) is 13.9. The van der Waals surface area contributed by atoms with Crippen LogP contribution in [0.3, 0.4) is 0 Å². The molecule has 0 bridgehead atoms. The van der Waals surface area contributed by atoms with Gasteiger partial charge in [0.15, 0.2) is 0 Å². The lowest BCUT2D eigenvalue weighted by atomic mass is 10.1. The molecule has 2 aromatic carbocycles. The monoisotopic (exact) mass is 377 g/mol. The number of nitrogens with zero attached hydrogens (tertiary/aromatic N) is 2. The zero-order valence-corrected chi connectivity index (χ0v) is 15.3. The highest BCUT2D eigenvalue weighted by Gasteiger charge is 2.25. The quantitative estimate of drug-likeness (QED) is 0.818. The summed E-state index contributed by atoms with van der Waals surface area (Å²) >= 11 is 0. The third kappa shape index (κ3) is 4.14. The summed E-state index contributed by atoms with van der Waals surface area (Å²) in [6.07, 6.45) is 0. The fourth-order valence-electron chi connectivity index (χ4n) is 2.83. The average Bonchev–Trinajstić information content (AvgIpc) is 2.63. The molecular weight excluding hydrogens is 357 g/mol. The van der Waals surface area contributed by atoms with Gasteiger partial charge in [-0.15, -0.1) is 12.4 Å². The molecule has 5 nitrogen and oxygen atoms in total. The van der Waals surface area contributed by atoms with Gasteiger partial charge in [-0.25, -0.2) is 4.39 Å². The maximum absolute atomic E-state index is 13.7. The number of carbonyl (C=O) groups is 2. The molecular formula is C19H21ClFN3O2. The van der Waals surface area contributed by atoms with Crippen LogP contribution in [0, 0.1) is 12.7 Å². The summed E-state index contributed by atoms with van der Waals surface area (Å²) in [6.45, 7) is 3.40. The van der Waals surface area contributed by atoms with Crippen LogP contribution in [0.5, 0.6) is 0 Å². The number of piperazine rings is 1. The average molecular weight is 378 g/mol. The van der Waals surface area contributed by atoms with Crippen molar-refractivity contribution in [3.63, 3.8) is 0 Å². The van der Waals surface area contributed by atoms with Crippen LogP contribution in [-0.4, -0.2) is 47.8 Å². The summed E-state index contributed by atoms with van der Waals surface area (Å²) in [5, 5.41) is 0. The van der Waals surface area contributed by atoms with Crippen molar-refractivity contribution in [2.45, 2.75) is 6.92 Å². The number of benzene rings is 2. The van der Waals surface area contributed by atoms with Gasteiger partial charge >= 0.3 is 0 Å². The molecule has 1 aliphatic heterocycles. The second kappa shape index (κ2) is 8.19. The number of nitrogens with two attached hydrogens (primary N) is 1. The summed E-state index contributed by atoms with van der Waals surface area (Å²) in [4.78, 5) is 28.3. The zero-order chi connectivity index (χ0) is 18.0. The second-order valence-corrected chi connectivity index (χ2v) is 6.17. The van der Waals surface area contributed by atoms with Crippen molar-refractivity contribution in [3.8, 4) is 0 Å². The Hall–Kier alpha value is -2.60. The molecule has 2 N–H and O–H groups in total. The van der Waals surface area contributed by atoms with Crippen LogP contribution >= 0.6 is 12.4 Å². The van der Waals surface area contributed by atoms with E-state index in [0.717, 1.165) is 0 Å². The number of amides is 2. The Balaban J connectivity index is 0.00000243. The molecule has 1 aliphatic rings. The third-order valence-corrected chi connectivity index (χ3v) is 4.43. The van der Waals surface area contributed by atoms with Crippen LogP contribution in [0.15, 0.2) is 42.5 Å². The van der Waals surface area contributed by atoms with Gasteiger partial charge in [0.1, 0.15) is 5.82 Å². The zero-order valence-electron chi connectivity index (χ0n) is 14.4. The predicted octanol–water partition coefficient (Wildman–Crippen LogP) is 2.74. The third-order valence-electron chi connectivity index (χ3n) is 4.43. The van der Waals surface area contributed by atoms with E-state index in [-0.39, 0.29) is 30.0 Å². The lowest BCUT2D eigenvalue weighted by Gasteiger charge is -2.35. The minimum absolute atomic E-state index is 0.